The van der Waals surface area contributed by atoms with Crippen LogP contribution in [0.2, 0.25) is 0 Å². The van der Waals surface area contributed by atoms with Gasteiger partial charge in [-0.15, -0.1) is 0 Å². The first-order valence-corrected chi connectivity index (χ1v) is 12.5. The highest BCUT2D eigenvalue weighted by Crippen LogP contribution is 2.25. The molecular formula is C24H33N3O3S. The number of carbonyl (C=O) groups is 1. The van der Waals surface area contributed by atoms with Crippen LogP contribution in [0.1, 0.15) is 49.0 Å². The highest BCUT2D eigenvalue weighted by atomic mass is 32.2. The van der Waals surface area contributed by atoms with Crippen molar-refractivity contribution in [3.8, 4) is 0 Å². The molecule has 31 heavy (non-hydrogen) atoms. The molecular weight excluding hydrogens is 410 g/mol. The minimum atomic E-state index is -3.53. The van der Waals surface area contributed by atoms with Crippen molar-refractivity contribution in [2.75, 3.05) is 24.5 Å². The summed E-state index contributed by atoms with van der Waals surface area (Å²) in [6, 6.07) is 14.4. The number of benzene rings is 2. The molecule has 7 heteroatoms. The van der Waals surface area contributed by atoms with Crippen LogP contribution in [0.4, 0.5) is 5.69 Å². The zero-order valence-electron chi connectivity index (χ0n) is 18.6. The van der Waals surface area contributed by atoms with Gasteiger partial charge in [0.05, 0.1) is 10.5 Å². The van der Waals surface area contributed by atoms with Crippen LogP contribution >= 0.6 is 0 Å². The zero-order chi connectivity index (χ0) is 22.4. The van der Waals surface area contributed by atoms with Gasteiger partial charge < -0.3 is 10.2 Å². The minimum absolute atomic E-state index is 0.0573. The van der Waals surface area contributed by atoms with Crippen molar-refractivity contribution in [1.82, 2.24) is 10.0 Å². The lowest BCUT2D eigenvalue weighted by atomic mass is 10.0. The number of aryl methyl sites for hydroxylation is 1. The largest absolute Gasteiger partial charge is 0.371 e. The highest BCUT2D eigenvalue weighted by molar-refractivity contribution is 7.89. The maximum Gasteiger partial charge on any atom is 0.253 e. The number of hydrogen-bond donors (Lipinski definition) is 2. The van der Waals surface area contributed by atoms with Crippen molar-refractivity contribution < 1.29 is 13.2 Å². The van der Waals surface area contributed by atoms with Gasteiger partial charge in [0.1, 0.15) is 0 Å². The van der Waals surface area contributed by atoms with E-state index in [1.54, 1.807) is 24.3 Å². The summed E-state index contributed by atoms with van der Waals surface area (Å²) >= 11 is 0. The second kappa shape index (κ2) is 10.3. The van der Waals surface area contributed by atoms with E-state index in [1.807, 2.05) is 31.2 Å². The van der Waals surface area contributed by atoms with Gasteiger partial charge in [-0.3, -0.25) is 4.79 Å². The Morgan fingerprint density at radius 2 is 1.74 bits per heavy atom. The van der Waals surface area contributed by atoms with E-state index in [0.29, 0.717) is 48.9 Å². The molecule has 3 rings (SSSR count). The predicted molar refractivity (Wildman–Crippen MR) is 125 cm³/mol. The quantitative estimate of drug-likeness (QED) is 0.652. The Morgan fingerprint density at radius 3 is 2.39 bits per heavy atom. The molecule has 1 heterocycles. The average Bonchev–Trinajstić information content (AvgIpc) is 2.77. The summed E-state index contributed by atoms with van der Waals surface area (Å²) < 4.78 is 28.2. The molecule has 0 saturated carbocycles. The number of rotatable bonds is 8. The average molecular weight is 444 g/mol. The summed E-state index contributed by atoms with van der Waals surface area (Å²) in [5.41, 5.74) is 2.60. The lowest BCUT2D eigenvalue weighted by Gasteiger charge is -2.34. The van der Waals surface area contributed by atoms with Gasteiger partial charge >= 0.3 is 0 Å². The number of carbonyl (C=O) groups excluding carboxylic acids is 1. The lowest BCUT2D eigenvalue weighted by Crippen LogP contribution is -2.45. The fourth-order valence-electron chi connectivity index (χ4n) is 3.69. The van der Waals surface area contributed by atoms with E-state index in [0.717, 1.165) is 17.7 Å². The molecule has 2 N–H and O–H groups in total. The topological polar surface area (TPSA) is 78.5 Å². The van der Waals surface area contributed by atoms with Gasteiger partial charge in [0.15, 0.2) is 0 Å². The van der Waals surface area contributed by atoms with Crippen LogP contribution in [-0.2, 0) is 10.0 Å². The molecule has 2 aromatic rings. The van der Waals surface area contributed by atoms with Crippen LogP contribution in [0.25, 0.3) is 0 Å². The second-order valence-corrected chi connectivity index (χ2v) is 10.2. The van der Waals surface area contributed by atoms with E-state index in [-0.39, 0.29) is 11.9 Å². The summed E-state index contributed by atoms with van der Waals surface area (Å²) in [5, 5.41) is 3.03. The maximum absolute atomic E-state index is 12.7. The molecule has 0 aromatic heterocycles. The Morgan fingerprint density at radius 1 is 1.10 bits per heavy atom. The lowest BCUT2D eigenvalue weighted by molar-refractivity contribution is 0.0948. The predicted octanol–water partition coefficient (Wildman–Crippen LogP) is 3.72. The molecule has 1 amide bonds. The third-order valence-electron chi connectivity index (χ3n) is 5.95. The number of amides is 1. The second-order valence-electron chi connectivity index (χ2n) is 8.44. The van der Waals surface area contributed by atoms with Crippen molar-refractivity contribution in [2.45, 2.75) is 51.0 Å². The fourth-order valence-corrected chi connectivity index (χ4v) is 5.00. The van der Waals surface area contributed by atoms with Gasteiger partial charge in [0.2, 0.25) is 10.0 Å². The molecule has 1 aliphatic heterocycles. The normalized spacial score (nSPS) is 16.2. The van der Waals surface area contributed by atoms with Crippen LogP contribution in [0.5, 0.6) is 0 Å². The molecule has 1 saturated heterocycles. The molecule has 0 radical (unpaired) electrons. The molecule has 1 fully saturated rings. The number of sulfonamides is 1. The smallest absolute Gasteiger partial charge is 0.253 e. The summed E-state index contributed by atoms with van der Waals surface area (Å²) in [7, 11) is -3.53. The monoisotopic (exact) mass is 443 g/mol. The number of nitrogens with zero attached hydrogens (tertiary/aromatic N) is 1. The molecule has 168 valence electrons. The van der Waals surface area contributed by atoms with E-state index in [9.17, 15) is 13.2 Å². The molecule has 1 aliphatic rings. The van der Waals surface area contributed by atoms with Gasteiger partial charge in [-0.2, -0.15) is 0 Å². The Bertz CT molecular complexity index is 981. The SMILES string of the molecule is CC[C@@H](C)CNC(=O)c1ccccc1N1CCC(NS(=O)(=O)c2ccc(C)cc2)CC1. The molecule has 0 aliphatic carbocycles. The summed E-state index contributed by atoms with van der Waals surface area (Å²) in [6.07, 6.45) is 2.40. The maximum atomic E-state index is 12.7. The fraction of sp³-hybridized carbons (Fsp3) is 0.458. The van der Waals surface area contributed by atoms with E-state index in [2.05, 4.69) is 28.8 Å². The van der Waals surface area contributed by atoms with Crippen molar-refractivity contribution in [1.29, 1.82) is 0 Å². The Hall–Kier alpha value is -2.38. The summed E-state index contributed by atoms with van der Waals surface area (Å²) in [4.78, 5) is 15.2. The van der Waals surface area contributed by atoms with Crippen LogP contribution in [0, 0.1) is 12.8 Å². The molecule has 0 spiro atoms. The van der Waals surface area contributed by atoms with Gasteiger partial charge in [0.25, 0.3) is 5.91 Å². The van der Waals surface area contributed by atoms with Crippen LogP contribution in [0.3, 0.4) is 0 Å². The first kappa shape index (κ1) is 23.3. The number of piperidine rings is 1. The van der Waals surface area contributed by atoms with Gasteiger partial charge in [-0.25, -0.2) is 13.1 Å². The van der Waals surface area contributed by atoms with E-state index >= 15 is 0 Å². The number of hydrogen-bond acceptors (Lipinski definition) is 4. The van der Waals surface area contributed by atoms with Crippen LogP contribution < -0.4 is 14.9 Å². The van der Waals surface area contributed by atoms with Crippen molar-refractivity contribution >= 4 is 21.6 Å². The first-order valence-electron chi connectivity index (χ1n) is 11.0. The van der Waals surface area contributed by atoms with Gasteiger partial charge in [-0.05, 0) is 49.9 Å². The standard InChI is InChI=1S/C24H33N3O3S/c1-4-18(2)17-25-24(28)22-7-5-6-8-23(22)27-15-13-20(14-16-27)26-31(29,30)21-11-9-19(3)10-12-21/h5-12,18,20,26H,4,13-17H2,1-3H3,(H,25,28)/t18-/m1/s1. The molecule has 0 bridgehead atoms. The van der Waals surface area contributed by atoms with Crippen molar-refractivity contribution in [2.24, 2.45) is 5.92 Å². The van der Waals surface area contributed by atoms with Crippen LogP contribution in [0.15, 0.2) is 53.4 Å². The Balaban J connectivity index is 1.62. The third kappa shape index (κ3) is 6.08. The molecule has 1 atom stereocenters. The molecule has 2 aromatic carbocycles. The number of para-hydroxylation sites is 1. The van der Waals surface area contributed by atoms with Crippen molar-refractivity contribution in [3.05, 3.63) is 59.7 Å². The minimum Gasteiger partial charge on any atom is -0.371 e. The highest BCUT2D eigenvalue weighted by Gasteiger charge is 2.26. The molecule has 0 unspecified atom stereocenters. The summed E-state index contributed by atoms with van der Waals surface area (Å²) in [6.45, 7) is 8.21. The third-order valence-corrected chi connectivity index (χ3v) is 7.48. The van der Waals surface area contributed by atoms with Crippen LogP contribution in [-0.4, -0.2) is 40.0 Å². The summed E-state index contributed by atoms with van der Waals surface area (Å²) in [5.74, 6) is 0.381. The van der Waals surface area contributed by atoms with Crippen molar-refractivity contribution in [3.63, 3.8) is 0 Å². The number of anilines is 1. The van der Waals surface area contributed by atoms with E-state index in [1.165, 1.54) is 0 Å². The zero-order valence-corrected chi connectivity index (χ0v) is 19.4. The molecule has 6 nitrogen and oxygen atoms in total. The van der Waals surface area contributed by atoms with E-state index in [4.69, 9.17) is 0 Å². The van der Waals surface area contributed by atoms with Gasteiger partial charge in [0, 0.05) is 31.4 Å². The van der Waals surface area contributed by atoms with E-state index < -0.39 is 10.0 Å². The Kier molecular flexibility index (Phi) is 7.73. The number of nitrogens with one attached hydrogen (secondary N) is 2. The first-order chi connectivity index (χ1) is 14.8. The Labute approximate surface area is 186 Å². The van der Waals surface area contributed by atoms with Gasteiger partial charge in [-0.1, -0.05) is 50.1 Å².